The number of esters is 1. The van der Waals surface area contributed by atoms with E-state index in [0.29, 0.717) is 18.6 Å². The maximum Gasteiger partial charge on any atom is 0.351 e. The zero-order valence-corrected chi connectivity index (χ0v) is 34.7. The first-order chi connectivity index (χ1) is 28.1. The maximum atomic E-state index is 12.7. The molecule has 0 saturated carbocycles. The van der Waals surface area contributed by atoms with E-state index in [9.17, 15) is 14.4 Å². The summed E-state index contributed by atoms with van der Waals surface area (Å²) in [6, 6.07) is 22.6. The molecule has 3 aromatic rings. The number of rotatable bonds is 32. The lowest BCUT2D eigenvalue weighted by Gasteiger charge is -2.15. The van der Waals surface area contributed by atoms with Crippen LogP contribution in [0.25, 0.3) is 0 Å². The summed E-state index contributed by atoms with van der Waals surface area (Å²) < 4.78 is 12.8. The first-order valence-electron chi connectivity index (χ1n) is 21.3. The zero-order chi connectivity index (χ0) is 40.0. The minimum atomic E-state index is -0.514. The van der Waals surface area contributed by atoms with Crippen molar-refractivity contribution in [1.82, 2.24) is 30.8 Å². The average Bonchev–Trinajstić information content (AvgIpc) is 3.70. The van der Waals surface area contributed by atoms with E-state index in [-0.39, 0.29) is 29.7 Å². The summed E-state index contributed by atoms with van der Waals surface area (Å²) >= 11 is 1.50. The number of nitrogens with one attached hydrogen (secondary N) is 5. The molecule has 2 aromatic carbocycles. The van der Waals surface area contributed by atoms with Crippen LogP contribution in [0, 0.1) is 0 Å². The van der Waals surface area contributed by atoms with Gasteiger partial charge in [0.2, 0.25) is 5.91 Å². The van der Waals surface area contributed by atoms with Gasteiger partial charge in [-0.15, -0.1) is 11.8 Å². The molecule has 57 heavy (non-hydrogen) atoms. The van der Waals surface area contributed by atoms with Crippen molar-refractivity contribution < 1.29 is 19.1 Å². The van der Waals surface area contributed by atoms with Crippen molar-refractivity contribution in [2.45, 2.75) is 115 Å². The zero-order valence-electron chi connectivity index (χ0n) is 33.9. The van der Waals surface area contributed by atoms with Crippen molar-refractivity contribution in [1.29, 1.82) is 0 Å². The molecule has 1 fully saturated rings. The molecule has 314 valence electrons. The Morgan fingerprint density at radius 1 is 0.667 bits per heavy atom. The first kappa shape index (κ1) is 46.1. The molecule has 1 aromatic heterocycles. The molecule has 1 aliphatic rings. The Morgan fingerprint density at radius 2 is 1.18 bits per heavy atom. The number of amides is 1. The van der Waals surface area contributed by atoms with Gasteiger partial charge in [0.05, 0.1) is 0 Å². The van der Waals surface area contributed by atoms with Gasteiger partial charge in [0.15, 0.2) is 0 Å². The summed E-state index contributed by atoms with van der Waals surface area (Å²) in [6.45, 7) is 7.87. The number of ether oxygens (including phenoxy) is 2. The molecular weight excluding hydrogens is 739 g/mol. The number of anilines is 1. The SMILES string of the molecule is O=C(CCCCNCCCCCCNCc1ccccc1)Nc1ccn(C2CSC(COC(=O)CCCCNCCCCCCNCc3ccccc3)O2)c(=O)n1. The lowest BCUT2D eigenvalue weighted by Crippen LogP contribution is -2.29. The number of benzene rings is 2. The van der Waals surface area contributed by atoms with Crippen molar-refractivity contribution in [2.24, 2.45) is 0 Å². The van der Waals surface area contributed by atoms with Gasteiger partial charge in [0, 0.05) is 37.9 Å². The smallest absolute Gasteiger partial charge is 0.351 e. The topological polar surface area (TPSA) is 148 Å². The molecule has 1 amide bonds. The van der Waals surface area contributed by atoms with Crippen LogP contribution in [0.5, 0.6) is 0 Å². The number of aromatic nitrogens is 2. The van der Waals surface area contributed by atoms with Gasteiger partial charge in [-0.25, -0.2) is 4.79 Å². The highest BCUT2D eigenvalue weighted by Crippen LogP contribution is 2.31. The second kappa shape index (κ2) is 29.6. The highest BCUT2D eigenvalue weighted by Gasteiger charge is 2.29. The molecule has 12 nitrogen and oxygen atoms in total. The third kappa shape index (κ3) is 21.1. The molecule has 0 radical (unpaired) electrons. The van der Waals surface area contributed by atoms with Gasteiger partial charge >= 0.3 is 11.7 Å². The van der Waals surface area contributed by atoms with Crippen molar-refractivity contribution >= 4 is 29.5 Å². The lowest BCUT2D eigenvalue weighted by atomic mass is 10.2. The predicted octanol–water partition coefficient (Wildman–Crippen LogP) is 6.53. The molecular formula is C44H67N7O5S. The van der Waals surface area contributed by atoms with Crippen LogP contribution in [-0.4, -0.2) is 78.5 Å². The molecule has 0 aliphatic carbocycles. The van der Waals surface area contributed by atoms with Gasteiger partial charge in [0.25, 0.3) is 0 Å². The van der Waals surface area contributed by atoms with Crippen LogP contribution in [-0.2, 0) is 32.2 Å². The minimum absolute atomic E-state index is 0.139. The second-order valence-electron chi connectivity index (χ2n) is 14.7. The van der Waals surface area contributed by atoms with Gasteiger partial charge in [-0.05, 0) is 108 Å². The molecule has 2 heterocycles. The summed E-state index contributed by atoms with van der Waals surface area (Å²) in [5.74, 6) is 0.381. The molecule has 1 saturated heterocycles. The Balaban J connectivity index is 0.920. The van der Waals surface area contributed by atoms with Gasteiger partial charge in [0.1, 0.15) is 24.1 Å². The number of nitrogens with zero attached hydrogens (tertiary/aromatic N) is 2. The van der Waals surface area contributed by atoms with Gasteiger partial charge in [-0.1, -0.05) is 86.3 Å². The van der Waals surface area contributed by atoms with E-state index in [2.05, 4.69) is 80.1 Å². The van der Waals surface area contributed by atoms with Crippen molar-refractivity contribution in [3.05, 3.63) is 94.5 Å². The standard InChI is InChI=1S/C44H67N7O5S/c52-40(23-11-17-28-45-26-13-1-3-15-30-47-33-37-19-7-5-8-20-37)49-39-25-32-51(44(54)50-39)41-36-57-43(56-41)35-55-42(53)24-12-18-29-46-27-14-2-4-16-31-48-34-38-21-9-6-10-22-38/h5-10,19-22,25,32,41,43,45-48H,1-4,11-18,23-24,26-31,33-36H2,(H,49,50,52,54). The fraction of sp³-hybridized carbons (Fsp3) is 0.591. The number of unbranched alkanes of at least 4 members (excludes halogenated alkanes) is 8. The van der Waals surface area contributed by atoms with E-state index in [4.69, 9.17) is 9.47 Å². The summed E-state index contributed by atoms with van der Waals surface area (Å²) in [6.07, 6.45) is 14.8. The fourth-order valence-corrected chi connectivity index (χ4v) is 7.48. The Labute approximate surface area is 344 Å². The molecule has 1 aliphatic heterocycles. The molecule has 0 bridgehead atoms. The summed E-state index contributed by atoms with van der Waals surface area (Å²) in [7, 11) is 0. The molecule has 13 heteroatoms. The van der Waals surface area contributed by atoms with Crippen LogP contribution < -0.4 is 32.3 Å². The molecule has 4 rings (SSSR count). The van der Waals surface area contributed by atoms with Crippen LogP contribution in [0.4, 0.5) is 5.82 Å². The summed E-state index contributed by atoms with van der Waals surface area (Å²) in [5, 5.41) is 16.7. The largest absolute Gasteiger partial charge is 0.462 e. The lowest BCUT2D eigenvalue weighted by molar-refractivity contribution is -0.147. The number of hydrogen-bond acceptors (Lipinski definition) is 11. The van der Waals surface area contributed by atoms with E-state index >= 15 is 0 Å². The van der Waals surface area contributed by atoms with E-state index in [1.807, 2.05) is 12.1 Å². The highest BCUT2D eigenvalue weighted by atomic mass is 32.2. The van der Waals surface area contributed by atoms with E-state index < -0.39 is 11.9 Å². The third-order valence-corrected chi connectivity index (χ3v) is 10.9. The van der Waals surface area contributed by atoms with Crippen LogP contribution in [0.15, 0.2) is 77.7 Å². The Morgan fingerprint density at radius 3 is 1.72 bits per heavy atom. The first-order valence-corrected chi connectivity index (χ1v) is 22.3. The number of carbonyl (C=O) groups excluding carboxylic acids is 2. The minimum Gasteiger partial charge on any atom is -0.462 e. The van der Waals surface area contributed by atoms with Crippen molar-refractivity contribution in [3.63, 3.8) is 0 Å². The van der Waals surface area contributed by atoms with Gasteiger partial charge in [-0.3, -0.25) is 14.2 Å². The molecule has 2 unspecified atom stereocenters. The Bertz CT molecular complexity index is 1570. The quantitative estimate of drug-likeness (QED) is 0.0347. The molecule has 2 atom stereocenters. The number of carbonyl (C=O) groups is 2. The molecule has 0 spiro atoms. The Kier molecular flexibility index (Phi) is 23.9. The normalized spacial score (nSPS) is 15.2. The fourth-order valence-electron chi connectivity index (χ4n) is 6.49. The summed E-state index contributed by atoms with van der Waals surface area (Å²) in [5.41, 5.74) is 1.80. The van der Waals surface area contributed by atoms with Crippen LogP contribution in [0.1, 0.15) is 107 Å². The van der Waals surface area contributed by atoms with E-state index in [0.717, 1.165) is 84.5 Å². The molecule has 5 N–H and O–H groups in total. The third-order valence-electron chi connectivity index (χ3n) is 9.77. The predicted molar refractivity (Wildman–Crippen MR) is 231 cm³/mol. The number of hydrogen-bond donors (Lipinski definition) is 5. The maximum absolute atomic E-state index is 12.7. The Hall–Kier alpha value is -3.59. The number of thioether (sulfide) groups is 1. The van der Waals surface area contributed by atoms with Crippen molar-refractivity contribution in [3.8, 4) is 0 Å². The second-order valence-corrected chi connectivity index (χ2v) is 15.8. The van der Waals surface area contributed by atoms with Crippen molar-refractivity contribution in [2.75, 3.05) is 56.9 Å². The van der Waals surface area contributed by atoms with Crippen LogP contribution >= 0.6 is 11.8 Å². The van der Waals surface area contributed by atoms with E-state index in [1.165, 1.54) is 72.4 Å². The monoisotopic (exact) mass is 805 g/mol. The van der Waals surface area contributed by atoms with Crippen LogP contribution in [0.3, 0.4) is 0 Å². The van der Waals surface area contributed by atoms with Crippen LogP contribution in [0.2, 0.25) is 0 Å². The van der Waals surface area contributed by atoms with Gasteiger partial charge < -0.3 is 36.1 Å². The van der Waals surface area contributed by atoms with Gasteiger partial charge in [-0.2, -0.15) is 4.98 Å². The summed E-state index contributed by atoms with van der Waals surface area (Å²) in [4.78, 5) is 41.5. The van der Waals surface area contributed by atoms with E-state index in [1.54, 1.807) is 12.3 Å². The highest BCUT2D eigenvalue weighted by molar-refractivity contribution is 8.00. The average molecular weight is 806 g/mol.